The Morgan fingerprint density at radius 1 is 1.82 bits per heavy atom. The average molecular weight is 160 g/mol. The normalized spacial score (nSPS) is 29.9. The SMILES string of the molecule is C=CC(=O)OC1(F)CCCO1. The van der Waals surface area contributed by atoms with Crippen molar-refractivity contribution in [1.82, 2.24) is 0 Å². The number of ether oxygens (including phenoxy) is 2. The number of carbonyl (C=O) groups excluding carboxylic acids is 1. The van der Waals surface area contributed by atoms with E-state index in [1.165, 1.54) is 0 Å². The van der Waals surface area contributed by atoms with Crippen LogP contribution in [0.4, 0.5) is 4.39 Å². The molecule has 1 aliphatic rings. The van der Waals surface area contributed by atoms with Gasteiger partial charge in [-0.25, -0.2) is 4.79 Å². The molecule has 1 atom stereocenters. The second kappa shape index (κ2) is 3.00. The minimum Gasteiger partial charge on any atom is -0.401 e. The van der Waals surface area contributed by atoms with Gasteiger partial charge in [0.2, 0.25) is 0 Å². The van der Waals surface area contributed by atoms with Crippen LogP contribution in [-0.4, -0.2) is 18.6 Å². The molecule has 0 aromatic rings. The molecule has 0 aromatic heterocycles. The molecule has 0 bridgehead atoms. The van der Waals surface area contributed by atoms with Crippen LogP contribution in [-0.2, 0) is 14.3 Å². The van der Waals surface area contributed by atoms with Gasteiger partial charge < -0.3 is 9.47 Å². The van der Waals surface area contributed by atoms with Gasteiger partial charge in [-0.1, -0.05) is 6.58 Å². The summed E-state index contributed by atoms with van der Waals surface area (Å²) in [6.45, 7) is 3.43. The zero-order valence-corrected chi connectivity index (χ0v) is 6.01. The molecule has 4 heteroatoms. The Morgan fingerprint density at radius 3 is 3.00 bits per heavy atom. The summed E-state index contributed by atoms with van der Waals surface area (Å²) < 4.78 is 21.9. The lowest BCUT2D eigenvalue weighted by molar-refractivity contribution is -0.274. The third-order valence-corrected chi connectivity index (χ3v) is 1.36. The summed E-state index contributed by atoms with van der Waals surface area (Å²) >= 11 is 0. The van der Waals surface area contributed by atoms with E-state index in [-0.39, 0.29) is 6.42 Å². The summed E-state index contributed by atoms with van der Waals surface area (Å²) in [4.78, 5) is 10.5. The van der Waals surface area contributed by atoms with E-state index in [0.717, 1.165) is 6.08 Å². The molecule has 1 unspecified atom stereocenters. The first-order chi connectivity index (χ1) is 5.16. The van der Waals surface area contributed by atoms with Crippen LogP contribution < -0.4 is 0 Å². The number of hydrogen-bond acceptors (Lipinski definition) is 3. The monoisotopic (exact) mass is 160 g/mol. The fourth-order valence-corrected chi connectivity index (χ4v) is 0.852. The van der Waals surface area contributed by atoms with Crippen LogP contribution in [0.15, 0.2) is 12.7 Å². The minimum absolute atomic E-state index is 0.104. The highest BCUT2D eigenvalue weighted by Gasteiger charge is 2.38. The van der Waals surface area contributed by atoms with E-state index in [1.807, 2.05) is 0 Å². The van der Waals surface area contributed by atoms with Gasteiger partial charge in [0.15, 0.2) is 0 Å². The quantitative estimate of drug-likeness (QED) is 0.449. The van der Waals surface area contributed by atoms with E-state index in [4.69, 9.17) is 0 Å². The molecule has 0 radical (unpaired) electrons. The highest BCUT2D eigenvalue weighted by Crippen LogP contribution is 2.28. The Morgan fingerprint density at radius 2 is 2.55 bits per heavy atom. The highest BCUT2D eigenvalue weighted by molar-refractivity contribution is 5.81. The standard InChI is InChI=1S/C7H9FO3/c1-2-6(9)11-7(8)4-3-5-10-7/h2H,1,3-5H2. The van der Waals surface area contributed by atoms with Crippen molar-refractivity contribution in [2.45, 2.75) is 18.9 Å². The van der Waals surface area contributed by atoms with E-state index in [0.29, 0.717) is 13.0 Å². The van der Waals surface area contributed by atoms with Crippen LogP contribution in [0.5, 0.6) is 0 Å². The van der Waals surface area contributed by atoms with Crippen molar-refractivity contribution < 1.29 is 18.7 Å². The fraction of sp³-hybridized carbons (Fsp3) is 0.571. The van der Waals surface area contributed by atoms with Crippen LogP contribution in [0, 0.1) is 0 Å². The number of rotatable bonds is 2. The van der Waals surface area contributed by atoms with Gasteiger partial charge >= 0.3 is 12.0 Å². The maximum absolute atomic E-state index is 13.0. The molecule has 0 aromatic carbocycles. The van der Waals surface area contributed by atoms with Crippen molar-refractivity contribution in [3.8, 4) is 0 Å². The molecule has 1 aliphatic heterocycles. The van der Waals surface area contributed by atoms with E-state index in [2.05, 4.69) is 16.1 Å². The number of halogens is 1. The largest absolute Gasteiger partial charge is 0.401 e. The van der Waals surface area contributed by atoms with Crippen LogP contribution >= 0.6 is 0 Å². The van der Waals surface area contributed by atoms with E-state index in [9.17, 15) is 9.18 Å². The topological polar surface area (TPSA) is 35.5 Å². The van der Waals surface area contributed by atoms with Crippen LogP contribution in [0.25, 0.3) is 0 Å². The molecule has 0 aliphatic carbocycles. The molecule has 1 heterocycles. The van der Waals surface area contributed by atoms with E-state index < -0.39 is 12.0 Å². The lowest BCUT2D eigenvalue weighted by Gasteiger charge is -2.16. The third-order valence-electron chi connectivity index (χ3n) is 1.36. The molecular weight excluding hydrogens is 151 g/mol. The summed E-state index contributed by atoms with van der Waals surface area (Å²) in [5.41, 5.74) is 0. The molecular formula is C7H9FO3. The van der Waals surface area contributed by atoms with Gasteiger partial charge in [-0.15, -0.1) is 0 Å². The summed E-state index contributed by atoms with van der Waals surface area (Å²) in [6, 6.07) is -2.20. The van der Waals surface area contributed by atoms with E-state index >= 15 is 0 Å². The van der Waals surface area contributed by atoms with Crippen molar-refractivity contribution >= 4 is 5.97 Å². The summed E-state index contributed by atoms with van der Waals surface area (Å²) in [5, 5.41) is 0. The van der Waals surface area contributed by atoms with Gasteiger partial charge in [0, 0.05) is 12.5 Å². The van der Waals surface area contributed by atoms with Gasteiger partial charge in [-0.2, -0.15) is 4.39 Å². The smallest absolute Gasteiger partial charge is 0.365 e. The number of hydrogen-bond donors (Lipinski definition) is 0. The van der Waals surface area contributed by atoms with Crippen molar-refractivity contribution in [2.75, 3.05) is 6.61 Å². The maximum atomic E-state index is 13.0. The molecule has 0 saturated carbocycles. The molecule has 1 saturated heterocycles. The van der Waals surface area contributed by atoms with Crippen LogP contribution in [0.1, 0.15) is 12.8 Å². The Hall–Kier alpha value is -0.900. The lowest BCUT2D eigenvalue weighted by atomic mass is 10.3. The average Bonchev–Trinajstić information content (AvgIpc) is 2.36. The number of alkyl halides is 1. The molecule has 1 fully saturated rings. The van der Waals surface area contributed by atoms with E-state index in [1.54, 1.807) is 0 Å². The van der Waals surface area contributed by atoms with Crippen molar-refractivity contribution in [3.63, 3.8) is 0 Å². The molecule has 0 amide bonds. The van der Waals surface area contributed by atoms with Crippen molar-refractivity contribution in [3.05, 3.63) is 12.7 Å². The molecule has 11 heavy (non-hydrogen) atoms. The maximum Gasteiger partial charge on any atom is 0.365 e. The third kappa shape index (κ3) is 2.01. The van der Waals surface area contributed by atoms with Crippen LogP contribution in [0.2, 0.25) is 0 Å². The predicted octanol–water partition coefficient (Wildman–Crippen LogP) is 1.15. The first-order valence-corrected chi connectivity index (χ1v) is 3.34. The number of carbonyl (C=O) groups is 1. The van der Waals surface area contributed by atoms with Gasteiger partial charge in [0.25, 0.3) is 0 Å². The van der Waals surface area contributed by atoms with Crippen LogP contribution in [0.3, 0.4) is 0 Å². The first kappa shape index (κ1) is 8.20. The summed E-state index contributed by atoms with van der Waals surface area (Å²) in [7, 11) is 0. The zero-order chi connectivity index (χ0) is 8.32. The second-order valence-electron chi connectivity index (χ2n) is 2.24. The molecule has 0 N–H and O–H groups in total. The Kier molecular flexibility index (Phi) is 2.24. The Bertz CT molecular complexity index is 173. The minimum atomic E-state index is -2.20. The molecule has 3 nitrogen and oxygen atoms in total. The molecule has 0 spiro atoms. The predicted molar refractivity (Wildman–Crippen MR) is 35.3 cm³/mol. The second-order valence-corrected chi connectivity index (χ2v) is 2.24. The van der Waals surface area contributed by atoms with Gasteiger partial charge in [0.05, 0.1) is 6.61 Å². The fourth-order valence-electron chi connectivity index (χ4n) is 0.852. The lowest BCUT2D eigenvalue weighted by Crippen LogP contribution is -2.27. The van der Waals surface area contributed by atoms with Gasteiger partial charge in [0.1, 0.15) is 0 Å². The molecule has 62 valence electrons. The number of esters is 1. The highest BCUT2D eigenvalue weighted by atomic mass is 19.2. The van der Waals surface area contributed by atoms with Gasteiger partial charge in [-0.3, -0.25) is 0 Å². The van der Waals surface area contributed by atoms with Crippen molar-refractivity contribution in [2.24, 2.45) is 0 Å². The van der Waals surface area contributed by atoms with Crippen molar-refractivity contribution in [1.29, 1.82) is 0 Å². The summed E-state index contributed by atoms with van der Waals surface area (Å²) in [5.74, 6) is -0.797. The Balaban J connectivity index is 2.45. The zero-order valence-electron chi connectivity index (χ0n) is 6.01. The Labute approximate surface area is 63.8 Å². The first-order valence-electron chi connectivity index (χ1n) is 3.34. The summed E-state index contributed by atoms with van der Waals surface area (Å²) in [6.07, 6.45) is 1.58. The molecule has 1 rings (SSSR count). The van der Waals surface area contributed by atoms with Gasteiger partial charge in [-0.05, 0) is 6.42 Å².